The minimum Gasteiger partial charge on any atom is -0.478 e. The number of carboxylic acids is 1. The first kappa shape index (κ1) is 9.10. The van der Waals surface area contributed by atoms with Gasteiger partial charge in [0.15, 0.2) is 0 Å². The molecule has 0 aromatic heterocycles. The lowest BCUT2D eigenvalue weighted by atomic mass is 10.00. The van der Waals surface area contributed by atoms with Crippen LogP contribution in [0.2, 0.25) is 0 Å². The molecule has 1 heterocycles. The molecule has 1 fully saturated rings. The van der Waals surface area contributed by atoms with Gasteiger partial charge in [-0.1, -0.05) is 6.92 Å². The van der Waals surface area contributed by atoms with Crippen molar-refractivity contribution in [3.8, 4) is 0 Å². The van der Waals surface area contributed by atoms with Gasteiger partial charge in [-0.2, -0.15) is 0 Å². The van der Waals surface area contributed by atoms with Crippen LogP contribution >= 0.6 is 0 Å². The second kappa shape index (κ2) is 4.14. The molecule has 3 nitrogen and oxygen atoms in total. The molecular formula is C9H15NO2. The summed E-state index contributed by atoms with van der Waals surface area (Å²) in [6.45, 7) is 4.22. The van der Waals surface area contributed by atoms with Crippen LogP contribution in [-0.2, 0) is 4.79 Å². The molecule has 1 aliphatic rings. The van der Waals surface area contributed by atoms with Gasteiger partial charge in [0.2, 0.25) is 0 Å². The molecule has 0 atom stereocenters. The summed E-state index contributed by atoms with van der Waals surface area (Å²) < 4.78 is 0. The first-order valence-corrected chi connectivity index (χ1v) is 4.33. The van der Waals surface area contributed by atoms with Crippen molar-refractivity contribution in [2.75, 3.05) is 13.1 Å². The lowest BCUT2D eigenvalue weighted by molar-refractivity contribution is -0.131. The maximum atomic E-state index is 10.2. The molecule has 0 aromatic rings. The third-order valence-electron chi connectivity index (χ3n) is 2.25. The number of rotatable bonds is 2. The van der Waals surface area contributed by atoms with E-state index in [1.165, 1.54) is 18.9 Å². The Morgan fingerprint density at radius 2 is 2.08 bits per heavy atom. The second-order valence-corrected chi connectivity index (χ2v) is 3.37. The van der Waals surface area contributed by atoms with Crippen molar-refractivity contribution in [3.05, 3.63) is 12.3 Å². The molecule has 1 aliphatic heterocycles. The van der Waals surface area contributed by atoms with Crippen LogP contribution < -0.4 is 0 Å². The van der Waals surface area contributed by atoms with Crippen molar-refractivity contribution in [3.63, 3.8) is 0 Å². The summed E-state index contributed by atoms with van der Waals surface area (Å²) in [5, 5.41) is 8.38. The van der Waals surface area contributed by atoms with E-state index in [1.54, 1.807) is 6.20 Å². The minimum absolute atomic E-state index is 0.791. The number of aliphatic carboxylic acids is 1. The molecule has 0 spiro atoms. The van der Waals surface area contributed by atoms with Crippen LogP contribution in [0.4, 0.5) is 0 Å². The number of nitrogens with zero attached hydrogens (tertiary/aromatic N) is 1. The van der Waals surface area contributed by atoms with Crippen LogP contribution in [0, 0.1) is 5.92 Å². The predicted octanol–water partition coefficient (Wildman–Crippen LogP) is 1.32. The molecule has 0 aliphatic carbocycles. The van der Waals surface area contributed by atoms with Crippen molar-refractivity contribution >= 4 is 5.97 Å². The Balaban J connectivity index is 2.30. The lowest BCUT2D eigenvalue weighted by Crippen LogP contribution is -2.28. The molecule has 1 N–H and O–H groups in total. The van der Waals surface area contributed by atoms with E-state index in [4.69, 9.17) is 5.11 Å². The van der Waals surface area contributed by atoms with Crippen molar-refractivity contribution in [1.29, 1.82) is 0 Å². The molecule has 0 bridgehead atoms. The maximum absolute atomic E-state index is 10.2. The van der Waals surface area contributed by atoms with Gasteiger partial charge < -0.3 is 10.0 Å². The molecule has 0 amide bonds. The van der Waals surface area contributed by atoms with E-state index in [0.717, 1.165) is 19.0 Å². The molecule has 12 heavy (non-hydrogen) atoms. The highest BCUT2D eigenvalue weighted by atomic mass is 16.4. The van der Waals surface area contributed by atoms with E-state index in [0.29, 0.717) is 0 Å². The second-order valence-electron chi connectivity index (χ2n) is 3.37. The van der Waals surface area contributed by atoms with Crippen molar-refractivity contribution in [2.24, 2.45) is 5.92 Å². The number of hydrogen-bond donors (Lipinski definition) is 1. The van der Waals surface area contributed by atoms with E-state index < -0.39 is 5.97 Å². The topological polar surface area (TPSA) is 40.5 Å². The first-order chi connectivity index (χ1) is 5.68. The van der Waals surface area contributed by atoms with Gasteiger partial charge in [0, 0.05) is 25.4 Å². The lowest BCUT2D eigenvalue weighted by Gasteiger charge is -2.28. The maximum Gasteiger partial charge on any atom is 0.329 e. The van der Waals surface area contributed by atoms with Gasteiger partial charge in [-0.05, 0) is 18.8 Å². The van der Waals surface area contributed by atoms with Crippen LogP contribution in [0.3, 0.4) is 0 Å². The van der Waals surface area contributed by atoms with Gasteiger partial charge in [0.1, 0.15) is 0 Å². The van der Waals surface area contributed by atoms with E-state index in [2.05, 4.69) is 11.8 Å². The summed E-state index contributed by atoms with van der Waals surface area (Å²) in [6.07, 6.45) is 5.22. The van der Waals surface area contributed by atoms with Crippen LogP contribution in [0.1, 0.15) is 19.8 Å². The van der Waals surface area contributed by atoms with Gasteiger partial charge in [-0.3, -0.25) is 0 Å². The monoisotopic (exact) mass is 169 g/mol. The third-order valence-corrected chi connectivity index (χ3v) is 2.25. The molecule has 68 valence electrons. The molecule has 3 heteroatoms. The number of piperidine rings is 1. The van der Waals surface area contributed by atoms with Gasteiger partial charge in [-0.25, -0.2) is 4.79 Å². The van der Waals surface area contributed by atoms with E-state index >= 15 is 0 Å². The highest BCUT2D eigenvalue weighted by Crippen LogP contribution is 2.15. The number of carbonyl (C=O) groups is 1. The fourth-order valence-corrected chi connectivity index (χ4v) is 1.35. The quantitative estimate of drug-likeness (QED) is 0.634. The normalized spacial score (nSPS) is 20.2. The Morgan fingerprint density at radius 3 is 2.58 bits per heavy atom. The van der Waals surface area contributed by atoms with Crippen LogP contribution in [0.25, 0.3) is 0 Å². The fourth-order valence-electron chi connectivity index (χ4n) is 1.35. The third kappa shape index (κ3) is 2.95. The van der Waals surface area contributed by atoms with Crippen molar-refractivity contribution < 1.29 is 9.90 Å². The highest BCUT2D eigenvalue weighted by Gasteiger charge is 2.12. The zero-order valence-electron chi connectivity index (χ0n) is 7.36. The molecule has 0 unspecified atom stereocenters. The summed E-state index contributed by atoms with van der Waals surface area (Å²) in [6, 6.07) is 0. The van der Waals surface area contributed by atoms with Gasteiger partial charge in [0.25, 0.3) is 0 Å². The molecular weight excluding hydrogens is 154 g/mol. The summed E-state index contributed by atoms with van der Waals surface area (Å²) in [4.78, 5) is 12.3. The Bertz CT molecular complexity index is 181. The summed E-state index contributed by atoms with van der Waals surface area (Å²) >= 11 is 0. The van der Waals surface area contributed by atoms with Crippen molar-refractivity contribution in [1.82, 2.24) is 4.90 Å². The number of likely N-dealkylation sites (tertiary alicyclic amines) is 1. The Hall–Kier alpha value is -0.990. The van der Waals surface area contributed by atoms with E-state index in [1.807, 2.05) is 0 Å². The Labute approximate surface area is 72.7 Å². The van der Waals surface area contributed by atoms with Crippen LogP contribution in [0.15, 0.2) is 12.3 Å². The van der Waals surface area contributed by atoms with Crippen LogP contribution in [-0.4, -0.2) is 29.1 Å². The minimum atomic E-state index is -0.867. The predicted molar refractivity (Wildman–Crippen MR) is 46.7 cm³/mol. The van der Waals surface area contributed by atoms with Gasteiger partial charge >= 0.3 is 5.97 Å². The molecule has 0 radical (unpaired) electrons. The van der Waals surface area contributed by atoms with Crippen LogP contribution in [0.5, 0.6) is 0 Å². The largest absolute Gasteiger partial charge is 0.478 e. The average molecular weight is 169 g/mol. The number of carboxylic acid groups (broad SMARTS) is 1. The highest BCUT2D eigenvalue weighted by molar-refractivity contribution is 5.79. The molecule has 1 saturated heterocycles. The summed E-state index contributed by atoms with van der Waals surface area (Å²) in [5.41, 5.74) is 0. The standard InChI is InChI=1S/C9H15NO2/c1-8-2-5-10(6-3-8)7-4-9(11)12/h4,7-8H,2-3,5-6H2,1H3,(H,11,12). The van der Waals surface area contributed by atoms with E-state index in [-0.39, 0.29) is 0 Å². The number of hydrogen-bond acceptors (Lipinski definition) is 2. The molecule has 0 saturated carbocycles. The Morgan fingerprint density at radius 1 is 1.50 bits per heavy atom. The summed E-state index contributed by atoms with van der Waals surface area (Å²) in [7, 11) is 0. The van der Waals surface area contributed by atoms with Gasteiger partial charge in [-0.15, -0.1) is 0 Å². The SMILES string of the molecule is CC1CCN(C=CC(=O)O)CC1. The fraction of sp³-hybridized carbons (Fsp3) is 0.667. The summed E-state index contributed by atoms with van der Waals surface area (Å²) in [5.74, 6) is -0.0758. The first-order valence-electron chi connectivity index (χ1n) is 4.33. The zero-order valence-corrected chi connectivity index (χ0v) is 7.36. The van der Waals surface area contributed by atoms with E-state index in [9.17, 15) is 4.79 Å². The molecule has 0 aromatic carbocycles. The Kier molecular flexibility index (Phi) is 3.14. The average Bonchev–Trinajstić information content (AvgIpc) is 2.03. The van der Waals surface area contributed by atoms with Crippen molar-refractivity contribution in [2.45, 2.75) is 19.8 Å². The van der Waals surface area contributed by atoms with Gasteiger partial charge in [0.05, 0.1) is 0 Å². The zero-order chi connectivity index (χ0) is 8.97. The molecule has 1 rings (SSSR count). The smallest absolute Gasteiger partial charge is 0.329 e.